The molecule has 0 spiro atoms. The number of anilines is 1. The zero-order valence-electron chi connectivity index (χ0n) is 16.6. The fourth-order valence-electron chi connectivity index (χ4n) is 4.13. The second-order valence-corrected chi connectivity index (χ2v) is 7.52. The molecular formula is C22H28N4O2. The van der Waals surface area contributed by atoms with Crippen LogP contribution in [0.4, 0.5) is 5.69 Å². The number of carbonyl (C=O) groups excluding carboxylic acids is 1. The van der Waals surface area contributed by atoms with Gasteiger partial charge in [-0.05, 0) is 50.6 Å². The summed E-state index contributed by atoms with van der Waals surface area (Å²) in [6.45, 7) is 6.18. The average molecular weight is 380 g/mol. The fraction of sp³-hybridized carbons (Fsp3) is 0.455. The van der Waals surface area contributed by atoms with Crippen LogP contribution < -0.4 is 15.0 Å². The van der Waals surface area contributed by atoms with Crippen molar-refractivity contribution in [2.75, 3.05) is 44.7 Å². The number of nitrogens with one attached hydrogen (secondary N) is 1. The summed E-state index contributed by atoms with van der Waals surface area (Å²) in [5.74, 6) is 0.673. The average Bonchev–Trinajstić information content (AvgIpc) is 3.28. The lowest BCUT2D eigenvalue weighted by atomic mass is 10.1. The second-order valence-electron chi connectivity index (χ2n) is 7.52. The Labute approximate surface area is 166 Å². The molecule has 3 heterocycles. The van der Waals surface area contributed by atoms with E-state index in [0.717, 1.165) is 37.4 Å². The monoisotopic (exact) mass is 380 g/mol. The number of carbonyl (C=O) groups is 1. The minimum Gasteiger partial charge on any atom is -0.496 e. The van der Waals surface area contributed by atoms with Crippen molar-refractivity contribution < 1.29 is 9.53 Å². The number of aryl methyl sites for hydroxylation is 1. The molecule has 0 radical (unpaired) electrons. The number of pyridine rings is 1. The van der Waals surface area contributed by atoms with E-state index in [1.807, 2.05) is 29.2 Å². The van der Waals surface area contributed by atoms with Crippen molar-refractivity contribution >= 4 is 11.6 Å². The smallest absolute Gasteiger partial charge is 0.257 e. The van der Waals surface area contributed by atoms with Crippen LogP contribution in [0.2, 0.25) is 0 Å². The Kier molecular flexibility index (Phi) is 5.48. The van der Waals surface area contributed by atoms with E-state index in [4.69, 9.17) is 9.72 Å². The van der Waals surface area contributed by atoms with Crippen LogP contribution in [0.5, 0.6) is 5.75 Å². The van der Waals surface area contributed by atoms with Crippen molar-refractivity contribution in [1.82, 2.24) is 15.2 Å². The van der Waals surface area contributed by atoms with Gasteiger partial charge >= 0.3 is 0 Å². The van der Waals surface area contributed by atoms with Crippen molar-refractivity contribution in [1.29, 1.82) is 0 Å². The maximum absolute atomic E-state index is 12.9. The summed E-state index contributed by atoms with van der Waals surface area (Å²) in [6.07, 6.45) is 2.36. The molecule has 1 aromatic carbocycles. The molecule has 6 heteroatoms. The van der Waals surface area contributed by atoms with E-state index in [1.165, 1.54) is 12.1 Å². The van der Waals surface area contributed by atoms with Gasteiger partial charge in [-0.1, -0.05) is 12.1 Å². The molecular weight excluding hydrogens is 352 g/mol. The molecule has 1 N–H and O–H groups in total. The molecule has 1 amide bonds. The fourth-order valence-corrected chi connectivity index (χ4v) is 4.13. The first kappa shape index (κ1) is 18.7. The largest absolute Gasteiger partial charge is 0.496 e. The highest BCUT2D eigenvalue weighted by molar-refractivity contribution is 5.97. The zero-order chi connectivity index (χ0) is 19.5. The highest BCUT2D eigenvalue weighted by Crippen LogP contribution is 2.27. The first-order chi connectivity index (χ1) is 13.7. The van der Waals surface area contributed by atoms with Gasteiger partial charge in [-0.25, -0.2) is 0 Å². The molecule has 0 unspecified atom stereocenters. The molecule has 4 rings (SSSR count). The van der Waals surface area contributed by atoms with Crippen LogP contribution in [0.15, 0.2) is 36.4 Å². The van der Waals surface area contributed by atoms with Crippen LogP contribution >= 0.6 is 0 Å². The number of benzene rings is 1. The van der Waals surface area contributed by atoms with E-state index in [2.05, 4.69) is 29.3 Å². The number of para-hydroxylation sites is 1. The van der Waals surface area contributed by atoms with Crippen molar-refractivity contribution in [3.8, 4) is 5.75 Å². The Morgan fingerprint density at radius 2 is 1.96 bits per heavy atom. The Bertz CT molecular complexity index is 840. The molecule has 2 aromatic rings. The van der Waals surface area contributed by atoms with Gasteiger partial charge in [0, 0.05) is 43.6 Å². The van der Waals surface area contributed by atoms with Gasteiger partial charge in [0.1, 0.15) is 5.75 Å². The van der Waals surface area contributed by atoms with Gasteiger partial charge in [0.2, 0.25) is 0 Å². The molecule has 2 saturated heterocycles. The number of aromatic nitrogens is 1. The summed E-state index contributed by atoms with van der Waals surface area (Å²) < 4.78 is 5.35. The van der Waals surface area contributed by atoms with E-state index in [-0.39, 0.29) is 5.91 Å². The molecule has 28 heavy (non-hydrogen) atoms. The van der Waals surface area contributed by atoms with Crippen LogP contribution in [-0.4, -0.2) is 55.6 Å². The number of ether oxygens (including phenoxy) is 1. The van der Waals surface area contributed by atoms with Crippen LogP contribution in [0, 0.1) is 6.92 Å². The summed E-state index contributed by atoms with van der Waals surface area (Å²) in [6, 6.07) is 12.2. The van der Waals surface area contributed by atoms with Crippen LogP contribution in [0.1, 0.15) is 40.6 Å². The molecule has 148 valence electrons. The van der Waals surface area contributed by atoms with Crippen LogP contribution in [-0.2, 0) is 0 Å². The summed E-state index contributed by atoms with van der Waals surface area (Å²) >= 11 is 0. The quantitative estimate of drug-likeness (QED) is 0.884. The molecule has 2 aliphatic rings. The van der Waals surface area contributed by atoms with E-state index >= 15 is 0 Å². The molecule has 6 nitrogen and oxygen atoms in total. The maximum Gasteiger partial charge on any atom is 0.257 e. The number of rotatable bonds is 4. The molecule has 0 saturated carbocycles. The number of nitrogens with zero attached hydrogens (tertiary/aromatic N) is 3. The molecule has 1 aromatic heterocycles. The van der Waals surface area contributed by atoms with E-state index < -0.39 is 0 Å². The highest BCUT2D eigenvalue weighted by Gasteiger charge is 2.25. The normalized spacial score (nSPS) is 19.7. The number of amides is 1. The number of piperazine rings is 1. The third-order valence-corrected chi connectivity index (χ3v) is 5.64. The first-order valence-electron chi connectivity index (χ1n) is 10.0. The van der Waals surface area contributed by atoms with Gasteiger partial charge in [-0.2, -0.15) is 0 Å². The van der Waals surface area contributed by atoms with Gasteiger partial charge < -0.3 is 19.9 Å². The predicted molar refractivity (Wildman–Crippen MR) is 110 cm³/mol. The van der Waals surface area contributed by atoms with Crippen molar-refractivity contribution in [3.05, 3.63) is 53.3 Å². The molecule has 2 aliphatic heterocycles. The van der Waals surface area contributed by atoms with Gasteiger partial charge in [-0.3, -0.25) is 9.78 Å². The Balaban J connectivity index is 1.45. The summed E-state index contributed by atoms with van der Waals surface area (Å²) in [7, 11) is 1.60. The van der Waals surface area contributed by atoms with E-state index in [1.54, 1.807) is 7.11 Å². The Morgan fingerprint density at radius 1 is 1.18 bits per heavy atom. The third kappa shape index (κ3) is 3.83. The van der Waals surface area contributed by atoms with Crippen molar-refractivity contribution in [2.24, 2.45) is 0 Å². The van der Waals surface area contributed by atoms with Crippen molar-refractivity contribution in [2.45, 2.75) is 25.8 Å². The maximum atomic E-state index is 12.9. The van der Waals surface area contributed by atoms with E-state index in [9.17, 15) is 4.79 Å². The van der Waals surface area contributed by atoms with Crippen LogP contribution in [0.3, 0.4) is 0 Å². The Hall–Kier alpha value is -2.60. The highest BCUT2D eigenvalue weighted by atomic mass is 16.5. The number of methoxy groups -OCH3 is 1. The minimum atomic E-state index is 0.0406. The van der Waals surface area contributed by atoms with Gasteiger partial charge in [0.25, 0.3) is 5.91 Å². The lowest BCUT2D eigenvalue weighted by molar-refractivity contribution is 0.0743. The van der Waals surface area contributed by atoms with E-state index in [0.29, 0.717) is 30.4 Å². The molecule has 1 atom stereocenters. The lowest BCUT2D eigenvalue weighted by Gasteiger charge is -2.36. The standard InChI is InChI=1S/C22H28N4O2/c1-16-14-17(15-20(24-16)19-7-5-9-23-19)25-10-12-26(13-11-25)22(27)18-6-3-4-8-21(18)28-2/h3-4,6,8,14-15,19,23H,5,7,9-13H2,1-2H3/t19-/m0/s1. The molecule has 0 bridgehead atoms. The third-order valence-electron chi connectivity index (χ3n) is 5.64. The van der Waals surface area contributed by atoms with Gasteiger partial charge in [0.05, 0.1) is 18.4 Å². The van der Waals surface area contributed by atoms with Crippen LogP contribution in [0.25, 0.3) is 0 Å². The minimum absolute atomic E-state index is 0.0406. The summed E-state index contributed by atoms with van der Waals surface area (Å²) in [4.78, 5) is 21.9. The molecule has 0 aliphatic carbocycles. The first-order valence-corrected chi connectivity index (χ1v) is 10.0. The summed E-state index contributed by atoms with van der Waals surface area (Å²) in [5, 5.41) is 3.54. The number of hydrogen-bond donors (Lipinski definition) is 1. The SMILES string of the molecule is COc1ccccc1C(=O)N1CCN(c2cc(C)nc([C@@H]3CCCN3)c2)CC1. The lowest BCUT2D eigenvalue weighted by Crippen LogP contribution is -2.49. The van der Waals surface area contributed by atoms with Crippen molar-refractivity contribution in [3.63, 3.8) is 0 Å². The number of hydrogen-bond acceptors (Lipinski definition) is 5. The van der Waals surface area contributed by atoms with Gasteiger partial charge in [-0.15, -0.1) is 0 Å². The summed E-state index contributed by atoms with van der Waals surface area (Å²) in [5.41, 5.74) is 4.03. The molecule has 2 fully saturated rings. The second kappa shape index (κ2) is 8.19. The predicted octanol–water partition coefficient (Wildman–Crippen LogP) is 2.79. The van der Waals surface area contributed by atoms with Gasteiger partial charge in [0.15, 0.2) is 0 Å². The zero-order valence-corrected chi connectivity index (χ0v) is 16.6. The topological polar surface area (TPSA) is 57.7 Å². The Morgan fingerprint density at radius 3 is 2.68 bits per heavy atom.